The van der Waals surface area contributed by atoms with Crippen LogP contribution >= 0.6 is 11.3 Å². The van der Waals surface area contributed by atoms with E-state index in [0.717, 1.165) is 0 Å². The first-order valence-corrected chi connectivity index (χ1v) is 8.12. The van der Waals surface area contributed by atoms with Crippen LogP contribution in [0.1, 0.15) is 29.1 Å². The molecule has 0 saturated heterocycles. The van der Waals surface area contributed by atoms with Gasteiger partial charge in [0.1, 0.15) is 9.09 Å². The van der Waals surface area contributed by atoms with E-state index < -0.39 is 27.9 Å². The fourth-order valence-electron chi connectivity index (χ4n) is 1.47. The predicted molar refractivity (Wildman–Crippen MR) is 74.5 cm³/mol. The number of sulfonamides is 1. The van der Waals surface area contributed by atoms with Crippen LogP contribution in [0.15, 0.2) is 10.3 Å². The van der Waals surface area contributed by atoms with Gasteiger partial charge in [-0.3, -0.25) is 4.79 Å². The van der Waals surface area contributed by atoms with Crippen LogP contribution in [0.25, 0.3) is 0 Å². The number of aromatic carboxylic acids is 1. The molecule has 0 aliphatic carbocycles. The van der Waals surface area contributed by atoms with Crippen LogP contribution in [0.2, 0.25) is 0 Å². The molecule has 20 heavy (non-hydrogen) atoms. The summed E-state index contributed by atoms with van der Waals surface area (Å²) in [4.78, 5) is 22.4. The maximum Gasteiger partial charge on any atom is 0.346 e. The number of hydrogen-bond donors (Lipinski definition) is 3. The smallest absolute Gasteiger partial charge is 0.346 e. The number of aryl methyl sites for hydroxylation is 1. The van der Waals surface area contributed by atoms with Crippen LogP contribution in [-0.4, -0.2) is 38.0 Å². The summed E-state index contributed by atoms with van der Waals surface area (Å²) in [6, 6.07) is 0.344. The van der Waals surface area contributed by atoms with Gasteiger partial charge in [0.25, 0.3) is 10.0 Å². The Kier molecular flexibility index (Phi) is 5.26. The number of hydrogen-bond acceptors (Lipinski definition) is 5. The van der Waals surface area contributed by atoms with Crippen molar-refractivity contribution in [2.24, 2.45) is 0 Å². The highest BCUT2D eigenvalue weighted by Crippen LogP contribution is 2.26. The summed E-state index contributed by atoms with van der Waals surface area (Å²) in [5.74, 6) is -1.62. The van der Waals surface area contributed by atoms with Crippen molar-refractivity contribution < 1.29 is 23.1 Å². The Hall–Kier alpha value is -1.45. The highest BCUT2D eigenvalue weighted by molar-refractivity contribution is 7.91. The Bertz CT molecular complexity index is 621. The number of likely N-dealkylation sites (N-methyl/N-ethyl adjacent to an activating group) is 1. The molecule has 3 N–H and O–H groups in total. The largest absolute Gasteiger partial charge is 0.477 e. The Morgan fingerprint density at radius 3 is 2.50 bits per heavy atom. The lowest BCUT2D eigenvalue weighted by Crippen LogP contribution is -2.44. The van der Waals surface area contributed by atoms with Gasteiger partial charge < -0.3 is 10.4 Å². The van der Waals surface area contributed by atoms with E-state index in [1.54, 1.807) is 6.92 Å². The van der Waals surface area contributed by atoms with Crippen LogP contribution in [0.3, 0.4) is 0 Å². The molecule has 0 bridgehead atoms. The number of rotatable bonds is 6. The Balaban J connectivity index is 2.97. The molecule has 1 aromatic rings. The predicted octanol–water partition coefficient (Wildman–Crippen LogP) is 0.558. The molecule has 0 aliphatic rings. The quantitative estimate of drug-likeness (QED) is 0.709. The molecule has 7 nitrogen and oxygen atoms in total. The number of carbonyl (C=O) groups is 2. The van der Waals surface area contributed by atoms with Gasteiger partial charge >= 0.3 is 5.97 Å². The fraction of sp³-hybridized carbons (Fsp3) is 0.455. The molecular weight excluding hydrogens is 304 g/mol. The SMILES string of the molecule is CCNC(=O)C(C)NS(=O)(=O)c1cc(C)c(C(=O)O)s1. The van der Waals surface area contributed by atoms with Crippen molar-refractivity contribution in [1.29, 1.82) is 0 Å². The zero-order valence-corrected chi connectivity index (χ0v) is 12.9. The van der Waals surface area contributed by atoms with Gasteiger partial charge in [0.2, 0.25) is 5.91 Å². The molecular formula is C11H16N2O5S2. The van der Waals surface area contributed by atoms with Gasteiger partial charge in [-0.15, -0.1) is 11.3 Å². The summed E-state index contributed by atoms with van der Waals surface area (Å²) < 4.78 is 26.2. The normalized spacial score (nSPS) is 12.9. The minimum absolute atomic E-state index is 0.0314. The summed E-state index contributed by atoms with van der Waals surface area (Å²) in [6.45, 7) is 5.06. The standard InChI is InChI=1S/C11H16N2O5S2/c1-4-12-10(14)7(3)13-20(17,18)8-5-6(2)9(19-8)11(15)16/h5,7,13H,4H2,1-3H3,(H,12,14)(H,15,16). The van der Waals surface area contributed by atoms with Crippen molar-refractivity contribution in [1.82, 2.24) is 10.0 Å². The number of carbonyl (C=O) groups excluding carboxylic acids is 1. The third-order valence-electron chi connectivity index (χ3n) is 2.43. The lowest BCUT2D eigenvalue weighted by molar-refractivity contribution is -0.122. The average molecular weight is 320 g/mol. The average Bonchev–Trinajstić information content (AvgIpc) is 2.72. The highest BCUT2D eigenvalue weighted by Gasteiger charge is 2.25. The monoisotopic (exact) mass is 320 g/mol. The number of amides is 1. The van der Waals surface area contributed by atoms with Gasteiger partial charge in [0, 0.05) is 6.54 Å². The van der Waals surface area contributed by atoms with Gasteiger partial charge in [-0.1, -0.05) is 0 Å². The highest BCUT2D eigenvalue weighted by atomic mass is 32.2. The zero-order chi connectivity index (χ0) is 15.5. The minimum atomic E-state index is -3.91. The van der Waals surface area contributed by atoms with Crippen LogP contribution in [-0.2, 0) is 14.8 Å². The van der Waals surface area contributed by atoms with Gasteiger partial charge in [-0.25, -0.2) is 13.2 Å². The van der Waals surface area contributed by atoms with E-state index in [1.165, 1.54) is 19.9 Å². The van der Waals surface area contributed by atoms with Gasteiger partial charge in [-0.2, -0.15) is 4.72 Å². The van der Waals surface area contributed by atoms with Crippen LogP contribution in [0, 0.1) is 6.92 Å². The van der Waals surface area contributed by atoms with Crippen molar-refractivity contribution in [3.63, 3.8) is 0 Å². The maximum absolute atomic E-state index is 12.1. The third-order valence-corrected chi connectivity index (χ3v) is 5.67. The molecule has 1 heterocycles. The molecule has 1 rings (SSSR count). The van der Waals surface area contributed by atoms with Crippen LogP contribution in [0.5, 0.6) is 0 Å². The van der Waals surface area contributed by atoms with Crippen molar-refractivity contribution in [3.8, 4) is 0 Å². The maximum atomic E-state index is 12.1. The number of carboxylic acid groups (broad SMARTS) is 1. The molecule has 0 saturated carbocycles. The first-order chi connectivity index (χ1) is 9.19. The summed E-state index contributed by atoms with van der Waals surface area (Å²) >= 11 is 0.660. The van der Waals surface area contributed by atoms with Gasteiger partial charge in [0.15, 0.2) is 0 Å². The molecule has 0 aliphatic heterocycles. The Morgan fingerprint density at radius 1 is 1.45 bits per heavy atom. The molecule has 1 atom stereocenters. The lowest BCUT2D eigenvalue weighted by atomic mass is 10.3. The van der Waals surface area contributed by atoms with E-state index in [1.807, 2.05) is 0 Å². The topological polar surface area (TPSA) is 113 Å². The van der Waals surface area contributed by atoms with E-state index in [2.05, 4.69) is 10.0 Å². The van der Waals surface area contributed by atoms with E-state index in [9.17, 15) is 18.0 Å². The summed E-state index contributed by atoms with van der Waals surface area (Å²) in [7, 11) is -3.91. The van der Waals surface area contributed by atoms with Gasteiger partial charge in [0.05, 0.1) is 6.04 Å². The van der Waals surface area contributed by atoms with E-state index in [4.69, 9.17) is 5.11 Å². The number of thiophene rings is 1. The van der Waals surface area contributed by atoms with Crippen molar-refractivity contribution in [2.45, 2.75) is 31.0 Å². The molecule has 0 aromatic carbocycles. The van der Waals surface area contributed by atoms with Crippen LogP contribution in [0.4, 0.5) is 0 Å². The Labute approximate surface area is 121 Å². The van der Waals surface area contributed by atoms with Crippen molar-refractivity contribution in [3.05, 3.63) is 16.5 Å². The molecule has 0 fully saturated rings. The Morgan fingerprint density at radius 2 is 2.05 bits per heavy atom. The van der Waals surface area contributed by atoms with Crippen molar-refractivity contribution in [2.75, 3.05) is 6.54 Å². The van der Waals surface area contributed by atoms with Crippen molar-refractivity contribution >= 4 is 33.2 Å². The minimum Gasteiger partial charge on any atom is -0.477 e. The van der Waals surface area contributed by atoms with E-state index in [-0.39, 0.29) is 9.09 Å². The molecule has 9 heteroatoms. The molecule has 1 amide bonds. The summed E-state index contributed by atoms with van der Waals surface area (Å²) in [5, 5.41) is 11.4. The number of nitrogens with one attached hydrogen (secondary N) is 2. The molecule has 112 valence electrons. The molecule has 0 spiro atoms. The second-order valence-corrected chi connectivity index (χ2v) is 7.11. The summed E-state index contributed by atoms with van der Waals surface area (Å²) in [5.41, 5.74) is 0.369. The lowest BCUT2D eigenvalue weighted by Gasteiger charge is -2.12. The second kappa shape index (κ2) is 6.33. The van der Waals surface area contributed by atoms with Crippen LogP contribution < -0.4 is 10.0 Å². The third kappa shape index (κ3) is 3.78. The second-order valence-electron chi connectivity index (χ2n) is 4.12. The molecule has 0 radical (unpaired) electrons. The van der Waals surface area contributed by atoms with E-state index in [0.29, 0.717) is 23.4 Å². The molecule has 1 aromatic heterocycles. The zero-order valence-electron chi connectivity index (χ0n) is 11.3. The molecule has 1 unspecified atom stereocenters. The fourth-order valence-corrected chi connectivity index (χ4v) is 4.07. The first-order valence-electron chi connectivity index (χ1n) is 5.82. The summed E-state index contributed by atoms with van der Waals surface area (Å²) in [6.07, 6.45) is 0. The van der Waals surface area contributed by atoms with Gasteiger partial charge in [-0.05, 0) is 32.4 Å². The van der Waals surface area contributed by atoms with E-state index >= 15 is 0 Å². The first kappa shape index (κ1) is 16.6. The number of carboxylic acids is 1.